The van der Waals surface area contributed by atoms with Gasteiger partial charge in [0.2, 0.25) is 0 Å². The second kappa shape index (κ2) is 6.42. The van der Waals surface area contributed by atoms with Gasteiger partial charge in [0.05, 0.1) is 17.3 Å². The van der Waals surface area contributed by atoms with E-state index in [1.165, 1.54) is 0 Å². The highest BCUT2D eigenvalue weighted by Gasteiger charge is 2.53. The lowest BCUT2D eigenvalue weighted by Crippen LogP contribution is -2.41. The number of hydrogen-bond acceptors (Lipinski definition) is 4. The molecule has 4 nitrogen and oxygen atoms in total. The van der Waals surface area contributed by atoms with Gasteiger partial charge in [0, 0.05) is 0 Å². The molecule has 1 saturated carbocycles. The fourth-order valence-electron chi connectivity index (χ4n) is 2.83. The van der Waals surface area contributed by atoms with E-state index in [0.29, 0.717) is 16.9 Å². The molecule has 1 saturated heterocycles. The average molecular weight is 348 g/mol. The van der Waals surface area contributed by atoms with Gasteiger partial charge in [0.25, 0.3) is 0 Å². The zero-order valence-electron chi connectivity index (χ0n) is 15.5. The van der Waals surface area contributed by atoms with Crippen LogP contribution in [0, 0.1) is 0 Å². The Morgan fingerprint density at radius 2 is 1.84 bits per heavy atom. The number of allylic oxidation sites excluding steroid dienone is 1. The Hall–Kier alpha value is -1.37. The van der Waals surface area contributed by atoms with E-state index in [2.05, 4.69) is 0 Å². The van der Waals surface area contributed by atoms with Crippen molar-refractivity contribution in [3.63, 3.8) is 0 Å². The van der Waals surface area contributed by atoms with Crippen LogP contribution in [0.2, 0.25) is 0 Å². The van der Waals surface area contributed by atoms with Crippen molar-refractivity contribution in [2.24, 2.45) is 0 Å². The third kappa shape index (κ3) is 3.48. The summed E-state index contributed by atoms with van der Waals surface area (Å²) in [6.07, 6.45) is 1.01. The minimum absolute atomic E-state index is 0.174. The first-order valence-electron chi connectivity index (χ1n) is 8.78. The monoisotopic (exact) mass is 348 g/mol. The number of aliphatic hydroxyl groups excluding tert-OH is 1. The molecule has 25 heavy (non-hydrogen) atoms. The van der Waals surface area contributed by atoms with Gasteiger partial charge in [-0.15, -0.1) is 0 Å². The van der Waals surface area contributed by atoms with Crippen LogP contribution in [0.25, 0.3) is 5.57 Å². The molecular formula is C19H26BFO4. The minimum Gasteiger partial charge on any atom is -0.488 e. The molecule has 6 heteroatoms. The van der Waals surface area contributed by atoms with E-state index < -0.39 is 30.2 Å². The van der Waals surface area contributed by atoms with Gasteiger partial charge in [-0.05, 0) is 70.7 Å². The molecule has 2 fully saturated rings. The summed E-state index contributed by atoms with van der Waals surface area (Å²) < 4.78 is 32.3. The summed E-state index contributed by atoms with van der Waals surface area (Å²) in [7, 11) is -1.01. The summed E-state index contributed by atoms with van der Waals surface area (Å²) in [5.41, 5.74) is -0.433. The van der Waals surface area contributed by atoms with Crippen LogP contribution in [0.4, 0.5) is 4.39 Å². The predicted octanol–water partition coefficient (Wildman–Crippen LogP) is 3.92. The Bertz CT molecular complexity index is 670. The van der Waals surface area contributed by atoms with Crippen LogP contribution in [-0.4, -0.2) is 35.6 Å². The fraction of sp³-hybridized carbons (Fsp3) is 0.579. The van der Waals surface area contributed by atoms with Crippen molar-refractivity contribution in [2.45, 2.75) is 70.9 Å². The molecule has 2 atom stereocenters. The normalized spacial score (nSPS) is 28.4. The summed E-state index contributed by atoms with van der Waals surface area (Å²) in [6, 6.07) is 7.24. The Labute approximate surface area is 149 Å². The summed E-state index contributed by atoms with van der Waals surface area (Å²) >= 11 is 0. The van der Waals surface area contributed by atoms with Crippen LogP contribution in [0.3, 0.4) is 0 Å². The lowest BCUT2D eigenvalue weighted by molar-refractivity contribution is -0.0361. The number of rotatable bonds is 4. The zero-order chi connectivity index (χ0) is 18.4. The van der Waals surface area contributed by atoms with Gasteiger partial charge in [-0.1, -0.05) is 12.1 Å². The first kappa shape index (κ1) is 18.4. The second-order valence-electron chi connectivity index (χ2n) is 7.89. The lowest BCUT2D eigenvalue weighted by Gasteiger charge is -2.32. The minimum atomic E-state index is -1.01. The maximum Gasteiger partial charge on any atom is 0.525 e. The number of ether oxygens (including phenoxy) is 1. The highest BCUT2D eigenvalue weighted by Crippen LogP contribution is 2.40. The van der Waals surface area contributed by atoms with Gasteiger partial charge in [0.1, 0.15) is 17.6 Å². The lowest BCUT2D eigenvalue weighted by atomic mass is 9.83. The van der Waals surface area contributed by atoms with Gasteiger partial charge < -0.3 is 19.2 Å². The van der Waals surface area contributed by atoms with E-state index in [0.717, 1.165) is 12.8 Å². The molecule has 0 bridgehead atoms. The van der Waals surface area contributed by atoms with E-state index in [-0.39, 0.29) is 6.10 Å². The molecular weight excluding hydrogens is 322 g/mol. The number of benzene rings is 1. The number of aliphatic hydroxyl groups is 1. The second-order valence-corrected chi connectivity index (χ2v) is 7.89. The van der Waals surface area contributed by atoms with E-state index in [4.69, 9.17) is 14.0 Å². The maximum atomic E-state index is 15.0. The molecule has 136 valence electrons. The van der Waals surface area contributed by atoms with Crippen LogP contribution in [0.5, 0.6) is 5.75 Å². The Morgan fingerprint density at radius 3 is 2.36 bits per heavy atom. The molecule has 2 aliphatic rings. The molecule has 1 aromatic carbocycles. The van der Waals surface area contributed by atoms with Gasteiger partial charge in [0.15, 0.2) is 0 Å². The SMILES string of the molecule is CC(=C(F)B1OC(C)(C)C(C)(C)O1)c1cccc(OC2CCC2O)c1. The third-order valence-corrected chi connectivity index (χ3v) is 5.55. The Balaban J connectivity index is 1.80. The maximum absolute atomic E-state index is 15.0. The van der Waals surface area contributed by atoms with Crippen LogP contribution >= 0.6 is 0 Å². The molecule has 1 aliphatic heterocycles. The summed E-state index contributed by atoms with van der Waals surface area (Å²) in [4.78, 5) is 0. The first-order chi connectivity index (χ1) is 11.6. The largest absolute Gasteiger partial charge is 0.525 e. The van der Waals surface area contributed by atoms with E-state index in [1.54, 1.807) is 13.0 Å². The highest BCUT2D eigenvalue weighted by molar-refractivity contribution is 6.55. The summed E-state index contributed by atoms with van der Waals surface area (Å²) in [6.45, 7) is 9.29. The van der Waals surface area contributed by atoms with Gasteiger partial charge in [-0.3, -0.25) is 0 Å². The van der Waals surface area contributed by atoms with Crippen molar-refractivity contribution in [3.05, 3.63) is 35.6 Å². The van der Waals surface area contributed by atoms with E-state index in [1.807, 2.05) is 45.9 Å². The molecule has 1 aromatic rings. The topological polar surface area (TPSA) is 47.9 Å². The zero-order valence-corrected chi connectivity index (χ0v) is 15.5. The summed E-state index contributed by atoms with van der Waals surface area (Å²) in [5, 5.41) is 9.65. The Morgan fingerprint density at radius 1 is 1.20 bits per heavy atom. The van der Waals surface area contributed by atoms with E-state index >= 15 is 0 Å². The van der Waals surface area contributed by atoms with E-state index in [9.17, 15) is 9.50 Å². The number of halogens is 1. The molecule has 1 aliphatic carbocycles. The molecule has 0 radical (unpaired) electrons. The van der Waals surface area contributed by atoms with Gasteiger partial charge in [-0.25, -0.2) is 4.39 Å². The van der Waals surface area contributed by atoms with Crippen LogP contribution < -0.4 is 4.74 Å². The first-order valence-corrected chi connectivity index (χ1v) is 8.78. The Kier molecular flexibility index (Phi) is 4.73. The van der Waals surface area contributed by atoms with Crippen molar-refractivity contribution >= 4 is 12.7 Å². The quantitative estimate of drug-likeness (QED) is 0.838. The van der Waals surface area contributed by atoms with Crippen LogP contribution in [0.15, 0.2) is 30.0 Å². The fourth-order valence-corrected chi connectivity index (χ4v) is 2.83. The van der Waals surface area contributed by atoms with Crippen molar-refractivity contribution in [3.8, 4) is 5.75 Å². The van der Waals surface area contributed by atoms with Gasteiger partial charge >= 0.3 is 7.12 Å². The third-order valence-electron chi connectivity index (χ3n) is 5.55. The standard InChI is InChI=1S/C19H26BFO4/c1-12(17(21)20-24-18(2,3)19(4,5)25-20)13-7-6-8-14(11-13)23-16-10-9-15(16)22/h6-8,11,15-16,22H,9-10H2,1-5H3. The molecule has 2 unspecified atom stereocenters. The van der Waals surface area contributed by atoms with Crippen molar-refractivity contribution in [2.75, 3.05) is 0 Å². The van der Waals surface area contributed by atoms with Crippen molar-refractivity contribution in [1.82, 2.24) is 0 Å². The summed E-state index contributed by atoms with van der Waals surface area (Å²) in [5.74, 6) is 0.627. The predicted molar refractivity (Wildman–Crippen MR) is 95.9 cm³/mol. The molecule has 1 heterocycles. The van der Waals surface area contributed by atoms with Crippen LogP contribution in [-0.2, 0) is 9.31 Å². The number of hydrogen-bond donors (Lipinski definition) is 1. The molecule has 0 spiro atoms. The van der Waals surface area contributed by atoms with Gasteiger partial charge in [-0.2, -0.15) is 0 Å². The average Bonchev–Trinajstić information content (AvgIpc) is 2.78. The van der Waals surface area contributed by atoms with Crippen molar-refractivity contribution in [1.29, 1.82) is 0 Å². The molecule has 0 aromatic heterocycles. The molecule has 1 N–H and O–H groups in total. The molecule has 3 rings (SSSR count). The smallest absolute Gasteiger partial charge is 0.488 e. The highest BCUT2D eigenvalue weighted by atomic mass is 19.1. The van der Waals surface area contributed by atoms with Crippen molar-refractivity contribution < 1.29 is 23.5 Å². The van der Waals surface area contributed by atoms with Crippen LogP contribution in [0.1, 0.15) is 53.0 Å². The molecule has 0 amide bonds.